The Bertz CT molecular complexity index is 103. The van der Waals surface area contributed by atoms with Crippen LogP contribution < -0.4 is 0 Å². The number of hydrogen-bond donors (Lipinski definition) is 1. The van der Waals surface area contributed by atoms with Gasteiger partial charge in [-0.25, -0.2) is 0 Å². The summed E-state index contributed by atoms with van der Waals surface area (Å²) in [4.78, 5) is 2.26. The molecule has 0 aliphatic carbocycles. The Kier molecular flexibility index (Phi) is 2.69. The molecule has 0 unspecified atom stereocenters. The van der Waals surface area contributed by atoms with Gasteiger partial charge in [-0.3, -0.25) is 0 Å². The van der Waals surface area contributed by atoms with E-state index in [-0.39, 0.29) is 6.10 Å². The number of piperidine rings is 1. The third kappa shape index (κ3) is 1.70. The maximum absolute atomic E-state index is 9.31. The summed E-state index contributed by atoms with van der Waals surface area (Å²) in [7, 11) is 2.09. The van der Waals surface area contributed by atoms with Gasteiger partial charge in [0, 0.05) is 6.04 Å². The van der Waals surface area contributed by atoms with Crippen molar-refractivity contribution in [3.8, 4) is 0 Å². The van der Waals surface area contributed by atoms with Crippen molar-refractivity contribution in [2.75, 3.05) is 13.6 Å². The van der Waals surface area contributed by atoms with Crippen molar-refractivity contribution in [2.24, 2.45) is 0 Å². The minimum absolute atomic E-state index is 0.162. The molecule has 0 aromatic rings. The first-order valence-corrected chi connectivity index (χ1v) is 4.10. The lowest BCUT2D eigenvalue weighted by molar-refractivity contribution is 0.0529. The molecule has 1 aliphatic heterocycles. The number of aliphatic hydroxyl groups is 1. The number of hydrogen-bond acceptors (Lipinski definition) is 2. The lowest BCUT2D eigenvalue weighted by Crippen LogP contribution is -2.43. The molecule has 1 aliphatic rings. The van der Waals surface area contributed by atoms with Gasteiger partial charge in [-0.1, -0.05) is 6.42 Å². The van der Waals surface area contributed by atoms with Crippen molar-refractivity contribution in [2.45, 2.75) is 38.3 Å². The number of likely N-dealkylation sites (tertiary alicyclic amines) is 1. The first-order chi connectivity index (χ1) is 4.72. The SMILES string of the molecule is C[C@H](O)[C@H]1CCCCN1C. The predicted molar refractivity (Wildman–Crippen MR) is 41.9 cm³/mol. The van der Waals surface area contributed by atoms with E-state index in [9.17, 15) is 5.11 Å². The molecule has 0 aromatic carbocycles. The molecule has 1 N–H and O–H groups in total. The molecule has 0 spiro atoms. The Morgan fingerprint density at radius 3 is 2.60 bits per heavy atom. The summed E-state index contributed by atoms with van der Waals surface area (Å²) in [5.41, 5.74) is 0. The molecule has 2 nitrogen and oxygen atoms in total. The molecular weight excluding hydrogens is 126 g/mol. The van der Waals surface area contributed by atoms with E-state index in [1.165, 1.54) is 12.8 Å². The third-order valence-corrected chi connectivity index (χ3v) is 2.38. The molecule has 0 saturated carbocycles. The first-order valence-electron chi connectivity index (χ1n) is 4.10. The van der Waals surface area contributed by atoms with Crippen LogP contribution in [0, 0.1) is 0 Å². The molecule has 1 saturated heterocycles. The largest absolute Gasteiger partial charge is 0.392 e. The van der Waals surface area contributed by atoms with Crippen LogP contribution in [-0.4, -0.2) is 35.7 Å². The minimum Gasteiger partial charge on any atom is -0.392 e. The highest BCUT2D eigenvalue weighted by atomic mass is 16.3. The number of likely N-dealkylation sites (N-methyl/N-ethyl adjacent to an activating group) is 1. The van der Waals surface area contributed by atoms with Gasteiger partial charge in [-0.15, -0.1) is 0 Å². The second-order valence-electron chi connectivity index (χ2n) is 3.28. The summed E-state index contributed by atoms with van der Waals surface area (Å²) in [6, 6.07) is 0.411. The van der Waals surface area contributed by atoms with Gasteiger partial charge in [-0.05, 0) is 33.4 Å². The van der Waals surface area contributed by atoms with Gasteiger partial charge in [0.1, 0.15) is 0 Å². The maximum atomic E-state index is 9.31. The van der Waals surface area contributed by atoms with Crippen molar-refractivity contribution < 1.29 is 5.11 Å². The zero-order valence-electron chi connectivity index (χ0n) is 6.88. The van der Waals surface area contributed by atoms with Gasteiger partial charge in [0.05, 0.1) is 6.10 Å². The average molecular weight is 143 g/mol. The Morgan fingerprint density at radius 2 is 2.20 bits per heavy atom. The van der Waals surface area contributed by atoms with E-state index in [0.29, 0.717) is 6.04 Å². The molecule has 0 amide bonds. The normalized spacial score (nSPS) is 32.1. The number of aliphatic hydroxyl groups excluding tert-OH is 1. The second kappa shape index (κ2) is 3.35. The summed E-state index contributed by atoms with van der Waals surface area (Å²) in [5, 5.41) is 9.31. The molecule has 1 rings (SSSR count). The second-order valence-corrected chi connectivity index (χ2v) is 3.28. The lowest BCUT2D eigenvalue weighted by atomic mass is 9.99. The summed E-state index contributed by atoms with van der Waals surface area (Å²) >= 11 is 0. The molecule has 1 fully saturated rings. The smallest absolute Gasteiger partial charge is 0.0667 e. The van der Waals surface area contributed by atoms with Crippen LogP contribution in [0.4, 0.5) is 0 Å². The van der Waals surface area contributed by atoms with E-state index in [4.69, 9.17) is 0 Å². The average Bonchev–Trinajstić information content (AvgIpc) is 1.88. The molecule has 10 heavy (non-hydrogen) atoms. The molecular formula is C8H17NO. The topological polar surface area (TPSA) is 23.5 Å². The van der Waals surface area contributed by atoms with E-state index in [0.717, 1.165) is 13.0 Å². The number of rotatable bonds is 1. The molecule has 2 atom stereocenters. The van der Waals surface area contributed by atoms with Crippen LogP contribution in [0.5, 0.6) is 0 Å². The van der Waals surface area contributed by atoms with Crippen molar-refractivity contribution in [1.82, 2.24) is 4.90 Å². The maximum Gasteiger partial charge on any atom is 0.0667 e. The van der Waals surface area contributed by atoms with E-state index < -0.39 is 0 Å². The Labute approximate surface area is 62.8 Å². The van der Waals surface area contributed by atoms with E-state index in [1.807, 2.05) is 6.92 Å². The van der Waals surface area contributed by atoms with Crippen LogP contribution in [-0.2, 0) is 0 Å². The third-order valence-electron chi connectivity index (χ3n) is 2.38. The lowest BCUT2D eigenvalue weighted by Gasteiger charge is -2.34. The Hall–Kier alpha value is -0.0800. The minimum atomic E-state index is -0.162. The van der Waals surface area contributed by atoms with Gasteiger partial charge in [0.2, 0.25) is 0 Å². The van der Waals surface area contributed by atoms with E-state index >= 15 is 0 Å². The molecule has 0 radical (unpaired) electrons. The predicted octanol–water partition coefficient (Wildman–Crippen LogP) is 0.851. The highest BCUT2D eigenvalue weighted by molar-refractivity contribution is 4.77. The van der Waals surface area contributed by atoms with Crippen molar-refractivity contribution >= 4 is 0 Å². The van der Waals surface area contributed by atoms with Gasteiger partial charge in [0.15, 0.2) is 0 Å². The molecule has 0 aromatic heterocycles. The zero-order chi connectivity index (χ0) is 7.56. The van der Waals surface area contributed by atoms with Gasteiger partial charge < -0.3 is 10.0 Å². The first kappa shape index (κ1) is 8.02. The summed E-state index contributed by atoms with van der Waals surface area (Å²) in [6.07, 6.45) is 3.57. The Morgan fingerprint density at radius 1 is 1.50 bits per heavy atom. The molecule has 60 valence electrons. The zero-order valence-corrected chi connectivity index (χ0v) is 6.88. The van der Waals surface area contributed by atoms with E-state index in [1.54, 1.807) is 0 Å². The van der Waals surface area contributed by atoms with E-state index in [2.05, 4.69) is 11.9 Å². The van der Waals surface area contributed by atoms with Crippen LogP contribution in [0.2, 0.25) is 0 Å². The summed E-state index contributed by atoms with van der Waals surface area (Å²) < 4.78 is 0. The van der Waals surface area contributed by atoms with Gasteiger partial charge in [-0.2, -0.15) is 0 Å². The Balaban J connectivity index is 2.40. The fourth-order valence-corrected chi connectivity index (χ4v) is 1.71. The standard InChI is InChI=1S/C8H17NO/c1-7(10)8-5-3-4-6-9(8)2/h7-8,10H,3-6H2,1-2H3/t7-,8+/m0/s1. The van der Waals surface area contributed by atoms with Crippen LogP contribution in [0.25, 0.3) is 0 Å². The number of nitrogens with zero attached hydrogens (tertiary/aromatic N) is 1. The van der Waals surface area contributed by atoms with Crippen molar-refractivity contribution in [3.63, 3.8) is 0 Å². The van der Waals surface area contributed by atoms with Crippen LogP contribution >= 0.6 is 0 Å². The highest BCUT2D eigenvalue weighted by Crippen LogP contribution is 2.17. The fraction of sp³-hybridized carbons (Fsp3) is 1.00. The van der Waals surface area contributed by atoms with Crippen LogP contribution in [0.15, 0.2) is 0 Å². The quantitative estimate of drug-likeness (QED) is 0.588. The van der Waals surface area contributed by atoms with Crippen LogP contribution in [0.3, 0.4) is 0 Å². The highest BCUT2D eigenvalue weighted by Gasteiger charge is 2.22. The van der Waals surface area contributed by atoms with Gasteiger partial charge >= 0.3 is 0 Å². The molecule has 0 bridgehead atoms. The fourth-order valence-electron chi connectivity index (χ4n) is 1.71. The summed E-state index contributed by atoms with van der Waals surface area (Å²) in [6.45, 7) is 3.03. The van der Waals surface area contributed by atoms with Crippen molar-refractivity contribution in [3.05, 3.63) is 0 Å². The molecule has 2 heteroatoms. The molecule has 1 heterocycles. The van der Waals surface area contributed by atoms with Crippen LogP contribution in [0.1, 0.15) is 26.2 Å². The monoisotopic (exact) mass is 143 g/mol. The van der Waals surface area contributed by atoms with Crippen molar-refractivity contribution in [1.29, 1.82) is 0 Å². The summed E-state index contributed by atoms with van der Waals surface area (Å²) in [5.74, 6) is 0. The van der Waals surface area contributed by atoms with Gasteiger partial charge in [0.25, 0.3) is 0 Å².